The van der Waals surface area contributed by atoms with E-state index >= 15 is 0 Å². The summed E-state index contributed by atoms with van der Waals surface area (Å²) in [6.45, 7) is 7.78. The van der Waals surface area contributed by atoms with Crippen molar-refractivity contribution in [2.45, 2.75) is 33.2 Å². The second-order valence-electron chi connectivity index (χ2n) is 5.55. The normalized spacial score (nSPS) is 11.4. The highest BCUT2D eigenvalue weighted by molar-refractivity contribution is 5.90. The Balaban J connectivity index is 2.19. The first-order valence-electron chi connectivity index (χ1n) is 6.16. The van der Waals surface area contributed by atoms with Crippen LogP contribution in [0, 0.1) is 6.92 Å². The number of hydrogen-bond donors (Lipinski definition) is 1. The van der Waals surface area contributed by atoms with Crippen LogP contribution in [0.3, 0.4) is 0 Å². The lowest BCUT2D eigenvalue weighted by Gasteiger charge is -2.18. The van der Waals surface area contributed by atoms with Gasteiger partial charge in [-0.3, -0.25) is 4.79 Å². The van der Waals surface area contributed by atoms with Gasteiger partial charge in [0, 0.05) is 5.54 Å². The third kappa shape index (κ3) is 3.40. The molecule has 100 valence electrons. The minimum absolute atomic E-state index is 0.176. The molecule has 1 aromatic heterocycles. The largest absolute Gasteiger partial charge is 0.345 e. The van der Waals surface area contributed by atoms with Gasteiger partial charge in [0.05, 0.1) is 5.69 Å². The van der Waals surface area contributed by atoms with Crippen molar-refractivity contribution in [3.8, 4) is 5.69 Å². The van der Waals surface area contributed by atoms with Crippen molar-refractivity contribution in [2.75, 3.05) is 0 Å². The van der Waals surface area contributed by atoms with Crippen LogP contribution in [0.25, 0.3) is 5.69 Å². The molecule has 1 aromatic carbocycles. The van der Waals surface area contributed by atoms with Crippen molar-refractivity contribution in [1.29, 1.82) is 0 Å². The molecule has 2 aromatic rings. The van der Waals surface area contributed by atoms with Gasteiger partial charge in [-0.05, 0) is 39.8 Å². The number of hydrogen-bond acceptors (Lipinski definition) is 3. The summed E-state index contributed by atoms with van der Waals surface area (Å²) in [6.07, 6.45) is 1.54. The van der Waals surface area contributed by atoms with Gasteiger partial charge in [0.25, 0.3) is 5.91 Å². The minimum Gasteiger partial charge on any atom is -0.345 e. The molecule has 0 bridgehead atoms. The summed E-state index contributed by atoms with van der Waals surface area (Å²) in [5, 5.41) is 7.02. The summed E-state index contributed by atoms with van der Waals surface area (Å²) in [6, 6.07) is 7.86. The molecule has 0 saturated carbocycles. The van der Waals surface area contributed by atoms with Gasteiger partial charge in [0.15, 0.2) is 0 Å². The van der Waals surface area contributed by atoms with Crippen LogP contribution >= 0.6 is 0 Å². The molecule has 1 heterocycles. The van der Waals surface area contributed by atoms with Crippen LogP contribution in [-0.4, -0.2) is 26.2 Å². The molecule has 0 radical (unpaired) electrons. The number of nitrogens with zero attached hydrogens (tertiary/aromatic N) is 3. The topological polar surface area (TPSA) is 59.8 Å². The number of aryl methyl sites for hydroxylation is 1. The first-order chi connectivity index (χ1) is 8.85. The van der Waals surface area contributed by atoms with Crippen molar-refractivity contribution in [3.63, 3.8) is 0 Å². The quantitative estimate of drug-likeness (QED) is 0.897. The van der Waals surface area contributed by atoms with E-state index in [0.717, 1.165) is 5.69 Å². The maximum atomic E-state index is 11.9. The first-order valence-corrected chi connectivity index (χ1v) is 6.16. The van der Waals surface area contributed by atoms with Crippen molar-refractivity contribution < 1.29 is 4.79 Å². The van der Waals surface area contributed by atoms with Crippen LogP contribution in [0.2, 0.25) is 0 Å². The summed E-state index contributed by atoms with van der Waals surface area (Å²) >= 11 is 0. The Hall–Kier alpha value is -2.17. The van der Waals surface area contributed by atoms with Crippen LogP contribution in [-0.2, 0) is 0 Å². The summed E-state index contributed by atoms with van der Waals surface area (Å²) in [5.74, 6) is -0.0890. The van der Waals surface area contributed by atoms with E-state index in [1.165, 1.54) is 5.56 Å². The summed E-state index contributed by atoms with van der Waals surface area (Å²) in [4.78, 5) is 15.9. The number of nitrogens with one attached hydrogen (secondary N) is 1. The number of benzene rings is 1. The van der Waals surface area contributed by atoms with Crippen LogP contribution in [0.1, 0.15) is 37.0 Å². The fourth-order valence-electron chi connectivity index (χ4n) is 1.59. The zero-order valence-corrected chi connectivity index (χ0v) is 11.6. The first kappa shape index (κ1) is 13.3. The number of carbonyl (C=O) groups is 1. The van der Waals surface area contributed by atoms with Crippen LogP contribution < -0.4 is 5.32 Å². The summed E-state index contributed by atoms with van der Waals surface area (Å²) in [5.41, 5.74) is 1.76. The molecule has 0 saturated heterocycles. The Morgan fingerprint density at radius 1 is 1.21 bits per heavy atom. The molecule has 19 heavy (non-hydrogen) atoms. The smallest absolute Gasteiger partial charge is 0.291 e. The molecule has 0 aliphatic rings. The molecule has 5 nitrogen and oxygen atoms in total. The van der Waals surface area contributed by atoms with Gasteiger partial charge >= 0.3 is 0 Å². The second-order valence-corrected chi connectivity index (χ2v) is 5.55. The SMILES string of the molecule is Cc1ccc(-n2cnc(C(=O)NC(C)(C)C)n2)cc1. The van der Waals surface area contributed by atoms with Crippen LogP contribution in [0.15, 0.2) is 30.6 Å². The molecule has 0 aliphatic carbocycles. The van der Waals surface area contributed by atoms with Gasteiger partial charge in [0.2, 0.25) is 5.82 Å². The van der Waals surface area contributed by atoms with E-state index in [0.29, 0.717) is 0 Å². The van der Waals surface area contributed by atoms with E-state index < -0.39 is 0 Å². The lowest BCUT2D eigenvalue weighted by atomic mass is 10.1. The summed E-state index contributed by atoms with van der Waals surface area (Å²) in [7, 11) is 0. The molecular formula is C14H18N4O. The Morgan fingerprint density at radius 2 is 1.84 bits per heavy atom. The molecule has 1 amide bonds. The Kier molecular flexibility index (Phi) is 3.38. The monoisotopic (exact) mass is 258 g/mol. The van der Waals surface area contributed by atoms with Gasteiger partial charge in [-0.2, -0.15) is 0 Å². The Morgan fingerprint density at radius 3 is 2.42 bits per heavy atom. The van der Waals surface area contributed by atoms with Gasteiger partial charge in [-0.25, -0.2) is 9.67 Å². The Bertz CT molecular complexity index is 578. The van der Waals surface area contributed by atoms with E-state index in [2.05, 4.69) is 15.4 Å². The van der Waals surface area contributed by atoms with E-state index in [1.54, 1.807) is 11.0 Å². The van der Waals surface area contributed by atoms with Crippen LogP contribution in [0.5, 0.6) is 0 Å². The fraction of sp³-hybridized carbons (Fsp3) is 0.357. The molecule has 1 N–H and O–H groups in total. The highest BCUT2D eigenvalue weighted by atomic mass is 16.2. The van der Waals surface area contributed by atoms with E-state index in [4.69, 9.17) is 0 Å². The second kappa shape index (κ2) is 4.84. The number of carbonyl (C=O) groups excluding carboxylic acids is 1. The predicted molar refractivity (Wildman–Crippen MR) is 73.3 cm³/mol. The van der Waals surface area contributed by atoms with Crippen LogP contribution in [0.4, 0.5) is 0 Å². The fourth-order valence-corrected chi connectivity index (χ4v) is 1.59. The highest BCUT2D eigenvalue weighted by Gasteiger charge is 2.18. The third-order valence-corrected chi connectivity index (χ3v) is 2.48. The molecular weight excluding hydrogens is 240 g/mol. The standard InChI is InChI=1S/C14H18N4O/c1-10-5-7-11(8-6-10)18-9-15-12(17-18)13(19)16-14(2,3)4/h5-9H,1-4H3,(H,16,19). The van der Waals surface area contributed by atoms with Crippen molar-refractivity contribution >= 4 is 5.91 Å². The van der Waals surface area contributed by atoms with Gasteiger partial charge < -0.3 is 5.32 Å². The van der Waals surface area contributed by atoms with Gasteiger partial charge in [0.1, 0.15) is 6.33 Å². The molecule has 0 atom stereocenters. The average molecular weight is 258 g/mol. The zero-order valence-electron chi connectivity index (χ0n) is 11.6. The number of rotatable bonds is 2. The third-order valence-electron chi connectivity index (χ3n) is 2.48. The predicted octanol–water partition coefficient (Wildman–Crippen LogP) is 2.10. The lowest BCUT2D eigenvalue weighted by molar-refractivity contribution is 0.0909. The molecule has 0 fully saturated rings. The van der Waals surface area contributed by atoms with Gasteiger partial charge in [-0.1, -0.05) is 17.7 Å². The maximum Gasteiger partial charge on any atom is 0.291 e. The minimum atomic E-state index is -0.299. The summed E-state index contributed by atoms with van der Waals surface area (Å²) < 4.78 is 1.59. The molecule has 2 rings (SSSR count). The maximum absolute atomic E-state index is 11.9. The number of aromatic nitrogens is 3. The Labute approximate surface area is 112 Å². The van der Waals surface area contributed by atoms with E-state index in [9.17, 15) is 4.79 Å². The van der Waals surface area contributed by atoms with Crippen molar-refractivity contribution in [3.05, 3.63) is 42.0 Å². The average Bonchev–Trinajstić information content (AvgIpc) is 2.77. The van der Waals surface area contributed by atoms with Crippen molar-refractivity contribution in [1.82, 2.24) is 20.1 Å². The van der Waals surface area contributed by atoms with Gasteiger partial charge in [-0.15, -0.1) is 5.10 Å². The van der Waals surface area contributed by atoms with E-state index in [-0.39, 0.29) is 17.3 Å². The molecule has 0 aliphatic heterocycles. The molecule has 0 spiro atoms. The molecule has 0 unspecified atom stereocenters. The lowest BCUT2D eigenvalue weighted by Crippen LogP contribution is -2.41. The highest BCUT2D eigenvalue weighted by Crippen LogP contribution is 2.08. The van der Waals surface area contributed by atoms with Crippen molar-refractivity contribution in [2.24, 2.45) is 0 Å². The van der Waals surface area contributed by atoms with E-state index in [1.807, 2.05) is 52.0 Å². The number of amides is 1. The molecule has 5 heteroatoms. The zero-order chi connectivity index (χ0) is 14.0.